The summed E-state index contributed by atoms with van der Waals surface area (Å²) in [4.78, 5) is 8.20. The number of aromatic amines is 1. The van der Waals surface area contributed by atoms with Crippen molar-refractivity contribution in [2.45, 2.75) is 19.8 Å². The molecule has 3 heteroatoms. The minimum absolute atomic E-state index is 0.930. The van der Waals surface area contributed by atoms with Crippen LogP contribution in [0, 0.1) is 6.92 Å². The van der Waals surface area contributed by atoms with E-state index in [1.807, 2.05) is 0 Å². The molecule has 0 saturated heterocycles. The highest BCUT2D eigenvalue weighted by Gasteiger charge is 2.07. The number of fused-ring (bicyclic) bond motifs is 1. The van der Waals surface area contributed by atoms with Crippen LogP contribution in [0.1, 0.15) is 17.5 Å². The molecule has 0 fully saturated rings. The lowest BCUT2D eigenvalue weighted by Crippen LogP contribution is -2.02. The van der Waals surface area contributed by atoms with E-state index in [2.05, 4.69) is 90.0 Å². The van der Waals surface area contributed by atoms with Crippen molar-refractivity contribution in [3.05, 3.63) is 83.9 Å². The van der Waals surface area contributed by atoms with E-state index in [4.69, 9.17) is 4.98 Å². The predicted molar refractivity (Wildman–Crippen MR) is 110 cm³/mol. The van der Waals surface area contributed by atoms with Gasteiger partial charge in [0.15, 0.2) is 0 Å². The highest BCUT2D eigenvalue weighted by atomic mass is 14.9. The molecule has 3 nitrogen and oxygen atoms in total. The summed E-state index contributed by atoms with van der Waals surface area (Å²) >= 11 is 0. The summed E-state index contributed by atoms with van der Waals surface area (Å²) in [5.41, 5.74) is 6.97. The number of H-pyrrole nitrogens is 1. The first-order valence-corrected chi connectivity index (χ1v) is 9.13. The third-order valence-corrected chi connectivity index (χ3v) is 4.70. The maximum Gasteiger partial charge on any atom is 0.138 e. The molecule has 0 aliphatic rings. The van der Waals surface area contributed by atoms with E-state index >= 15 is 0 Å². The van der Waals surface area contributed by atoms with Gasteiger partial charge in [-0.25, -0.2) is 4.98 Å². The number of rotatable bonds is 6. The Balaban J connectivity index is 1.43. The number of anilines is 1. The number of hydrogen-bond donors (Lipinski definition) is 2. The lowest BCUT2D eigenvalue weighted by Gasteiger charge is -2.06. The van der Waals surface area contributed by atoms with Gasteiger partial charge < -0.3 is 10.3 Å². The van der Waals surface area contributed by atoms with E-state index in [1.165, 1.54) is 11.1 Å². The van der Waals surface area contributed by atoms with Gasteiger partial charge in [0, 0.05) is 17.8 Å². The Hall–Kier alpha value is -3.07. The second-order valence-corrected chi connectivity index (χ2v) is 6.65. The fourth-order valence-corrected chi connectivity index (χ4v) is 3.26. The smallest absolute Gasteiger partial charge is 0.138 e. The summed E-state index contributed by atoms with van der Waals surface area (Å²) in [7, 11) is 0. The molecule has 0 unspecified atom stereocenters. The fraction of sp³-hybridized carbons (Fsp3) is 0.174. The average Bonchev–Trinajstić information content (AvgIpc) is 3.09. The molecule has 0 saturated carbocycles. The maximum absolute atomic E-state index is 4.74. The quantitative estimate of drug-likeness (QED) is 0.449. The van der Waals surface area contributed by atoms with Crippen LogP contribution in [0.2, 0.25) is 0 Å². The van der Waals surface area contributed by atoms with Gasteiger partial charge in [-0.1, -0.05) is 54.6 Å². The number of aryl methyl sites for hydroxylation is 2. The zero-order chi connectivity index (χ0) is 17.8. The third-order valence-electron chi connectivity index (χ3n) is 4.70. The van der Waals surface area contributed by atoms with Crippen molar-refractivity contribution in [2.75, 3.05) is 11.9 Å². The first-order chi connectivity index (χ1) is 12.8. The summed E-state index contributed by atoms with van der Waals surface area (Å²) in [6.45, 7) is 3.07. The van der Waals surface area contributed by atoms with Gasteiger partial charge in [0.1, 0.15) is 5.82 Å². The zero-order valence-corrected chi connectivity index (χ0v) is 15.0. The summed E-state index contributed by atoms with van der Waals surface area (Å²) in [6.07, 6.45) is 2.21. The second-order valence-electron chi connectivity index (χ2n) is 6.65. The van der Waals surface area contributed by atoms with Crippen LogP contribution in [0.25, 0.3) is 22.4 Å². The van der Waals surface area contributed by atoms with Crippen LogP contribution in [-0.2, 0) is 6.42 Å². The number of nitrogens with zero attached hydrogens (tertiary/aromatic N) is 1. The molecular weight excluding hydrogens is 318 g/mol. The van der Waals surface area contributed by atoms with E-state index < -0.39 is 0 Å². The zero-order valence-electron chi connectivity index (χ0n) is 15.0. The fourth-order valence-electron chi connectivity index (χ4n) is 3.26. The SMILES string of the molecule is Cc1ccccc1-c1nc2ccc(NCCCc3ccccc3)cc2[nH]1. The average molecular weight is 341 g/mol. The molecule has 0 aliphatic heterocycles. The molecule has 130 valence electrons. The standard InChI is InChI=1S/C23H23N3/c1-17-8-5-6-12-20(17)23-25-21-14-13-19(16-22(21)26-23)24-15-7-11-18-9-3-2-4-10-18/h2-6,8-10,12-14,16,24H,7,11,15H2,1H3,(H,25,26). The van der Waals surface area contributed by atoms with Crippen molar-refractivity contribution in [1.82, 2.24) is 9.97 Å². The van der Waals surface area contributed by atoms with Crippen molar-refractivity contribution in [1.29, 1.82) is 0 Å². The van der Waals surface area contributed by atoms with E-state index in [1.54, 1.807) is 0 Å². The molecule has 1 heterocycles. The highest BCUT2D eigenvalue weighted by molar-refractivity contribution is 5.83. The molecule has 0 spiro atoms. The van der Waals surface area contributed by atoms with Gasteiger partial charge in [-0.15, -0.1) is 0 Å². The highest BCUT2D eigenvalue weighted by Crippen LogP contribution is 2.25. The number of aromatic nitrogens is 2. The third kappa shape index (κ3) is 3.62. The normalized spacial score (nSPS) is 11.0. The number of benzene rings is 3. The Labute approximate surface area is 154 Å². The summed E-state index contributed by atoms with van der Waals surface area (Å²) in [5, 5.41) is 3.52. The Kier molecular flexibility index (Phi) is 4.69. The van der Waals surface area contributed by atoms with Crippen molar-refractivity contribution in [2.24, 2.45) is 0 Å². The van der Waals surface area contributed by atoms with Crippen molar-refractivity contribution >= 4 is 16.7 Å². The number of hydrogen-bond acceptors (Lipinski definition) is 2. The largest absolute Gasteiger partial charge is 0.385 e. The Bertz CT molecular complexity index is 1000. The van der Waals surface area contributed by atoms with Crippen LogP contribution >= 0.6 is 0 Å². The van der Waals surface area contributed by atoms with Crippen LogP contribution < -0.4 is 5.32 Å². The van der Waals surface area contributed by atoms with Gasteiger partial charge in [0.25, 0.3) is 0 Å². The van der Waals surface area contributed by atoms with Crippen LogP contribution in [0.4, 0.5) is 5.69 Å². The Morgan fingerprint density at radius 2 is 1.73 bits per heavy atom. The monoisotopic (exact) mass is 341 g/mol. The van der Waals surface area contributed by atoms with Crippen molar-refractivity contribution in [3.63, 3.8) is 0 Å². The van der Waals surface area contributed by atoms with Crippen LogP contribution in [0.3, 0.4) is 0 Å². The summed E-state index contributed by atoms with van der Waals surface area (Å²) in [5.74, 6) is 0.930. The lowest BCUT2D eigenvalue weighted by atomic mass is 10.1. The molecule has 0 radical (unpaired) electrons. The molecule has 3 aromatic carbocycles. The first kappa shape index (κ1) is 16.4. The minimum Gasteiger partial charge on any atom is -0.385 e. The van der Waals surface area contributed by atoms with Gasteiger partial charge in [0.2, 0.25) is 0 Å². The van der Waals surface area contributed by atoms with Crippen LogP contribution in [0.15, 0.2) is 72.8 Å². The first-order valence-electron chi connectivity index (χ1n) is 9.13. The Morgan fingerprint density at radius 1 is 0.923 bits per heavy atom. The van der Waals surface area contributed by atoms with E-state index in [0.717, 1.165) is 47.5 Å². The lowest BCUT2D eigenvalue weighted by molar-refractivity contribution is 0.863. The number of nitrogens with one attached hydrogen (secondary N) is 2. The topological polar surface area (TPSA) is 40.7 Å². The minimum atomic E-state index is 0.930. The second kappa shape index (κ2) is 7.44. The van der Waals surface area contributed by atoms with Crippen LogP contribution in [0.5, 0.6) is 0 Å². The van der Waals surface area contributed by atoms with Crippen LogP contribution in [-0.4, -0.2) is 16.5 Å². The van der Waals surface area contributed by atoms with Gasteiger partial charge in [-0.3, -0.25) is 0 Å². The Morgan fingerprint density at radius 3 is 2.58 bits per heavy atom. The summed E-state index contributed by atoms with van der Waals surface area (Å²) < 4.78 is 0. The van der Waals surface area contributed by atoms with Gasteiger partial charge in [0.05, 0.1) is 11.0 Å². The maximum atomic E-state index is 4.74. The molecule has 2 N–H and O–H groups in total. The van der Waals surface area contributed by atoms with Gasteiger partial charge >= 0.3 is 0 Å². The molecule has 0 aliphatic carbocycles. The van der Waals surface area contributed by atoms with E-state index in [-0.39, 0.29) is 0 Å². The molecular formula is C23H23N3. The molecule has 4 aromatic rings. The summed E-state index contributed by atoms with van der Waals surface area (Å²) in [6, 6.07) is 25.3. The molecule has 0 bridgehead atoms. The van der Waals surface area contributed by atoms with E-state index in [0.29, 0.717) is 0 Å². The molecule has 0 atom stereocenters. The molecule has 0 amide bonds. The van der Waals surface area contributed by atoms with E-state index in [9.17, 15) is 0 Å². The van der Waals surface area contributed by atoms with Gasteiger partial charge in [-0.2, -0.15) is 0 Å². The van der Waals surface area contributed by atoms with Gasteiger partial charge in [-0.05, 0) is 49.1 Å². The molecule has 26 heavy (non-hydrogen) atoms. The molecule has 1 aromatic heterocycles. The predicted octanol–water partition coefficient (Wildman–Crippen LogP) is 5.58. The van der Waals surface area contributed by atoms with Crippen molar-refractivity contribution < 1.29 is 0 Å². The number of imidazole rings is 1. The molecule has 4 rings (SSSR count). The van der Waals surface area contributed by atoms with Crippen molar-refractivity contribution in [3.8, 4) is 11.4 Å².